The van der Waals surface area contributed by atoms with E-state index in [9.17, 15) is 18.5 Å². The number of anilines is 1. The Hall–Kier alpha value is -2.71. The lowest BCUT2D eigenvalue weighted by atomic mass is 9.77. The number of non-ortho nitro benzene ring substituents is 1. The maximum atomic E-state index is 12.5. The minimum Gasteiger partial charge on any atom is -0.378 e. The van der Waals surface area contributed by atoms with Crippen molar-refractivity contribution in [1.29, 1.82) is 0 Å². The van der Waals surface area contributed by atoms with Crippen molar-refractivity contribution in [1.82, 2.24) is 4.31 Å². The van der Waals surface area contributed by atoms with Crippen LogP contribution in [0.25, 0.3) is 0 Å². The lowest BCUT2D eigenvalue weighted by molar-refractivity contribution is -0.384. The van der Waals surface area contributed by atoms with E-state index in [2.05, 4.69) is 17.5 Å². The first kappa shape index (κ1) is 18.6. The van der Waals surface area contributed by atoms with Gasteiger partial charge in [-0.3, -0.25) is 10.1 Å². The molecule has 7 nitrogen and oxygen atoms in total. The Kier molecular flexibility index (Phi) is 4.47. The van der Waals surface area contributed by atoms with Crippen LogP contribution >= 0.6 is 0 Å². The monoisotopic (exact) mass is 399 g/mol. The second-order valence-corrected chi connectivity index (χ2v) is 9.52. The highest BCUT2D eigenvalue weighted by Gasteiger charge is 2.38. The molecular formula is C20H21N3O4S. The molecule has 1 aliphatic heterocycles. The van der Waals surface area contributed by atoms with Crippen LogP contribution in [-0.4, -0.2) is 31.7 Å². The number of hydrogen-bond acceptors (Lipinski definition) is 5. The molecule has 0 saturated carbocycles. The van der Waals surface area contributed by atoms with Gasteiger partial charge in [-0.15, -0.1) is 0 Å². The zero-order valence-corrected chi connectivity index (χ0v) is 16.4. The molecule has 3 unspecified atom stereocenters. The maximum absolute atomic E-state index is 12.5. The summed E-state index contributed by atoms with van der Waals surface area (Å²) in [4.78, 5) is 11.0. The molecule has 8 heteroatoms. The average molecular weight is 399 g/mol. The number of fused-ring (bicyclic) bond motifs is 3. The Morgan fingerprint density at radius 3 is 2.68 bits per heavy atom. The fourth-order valence-corrected chi connectivity index (χ4v) is 5.04. The standard InChI is InChI=1S/C20H21N3O4S/c1-22(2)28(26,27)15-9-10-19-18(12-15)16-7-4-8-17(16)20(21-19)13-5-3-6-14(11-13)23(24)25/h3-7,9-12,16-17,20-21H,8H2,1-2H3. The van der Waals surface area contributed by atoms with E-state index < -0.39 is 10.0 Å². The van der Waals surface area contributed by atoms with Crippen molar-refractivity contribution in [2.75, 3.05) is 19.4 Å². The number of nitro groups is 1. The quantitative estimate of drug-likeness (QED) is 0.481. The van der Waals surface area contributed by atoms with Gasteiger partial charge >= 0.3 is 0 Å². The number of rotatable bonds is 4. The summed E-state index contributed by atoms with van der Waals surface area (Å²) in [5.41, 5.74) is 2.74. The largest absolute Gasteiger partial charge is 0.378 e. The van der Waals surface area contributed by atoms with E-state index in [0.717, 1.165) is 23.2 Å². The molecule has 2 aromatic carbocycles. The topological polar surface area (TPSA) is 92.5 Å². The molecule has 0 amide bonds. The molecule has 0 aromatic heterocycles. The van der Waals surface area contributed by atoms with E-state index in [1.165, 1.54) is 24.5 Å². The van der Waals surface area contributed by atoms with Gasteiger partial charge in [0.25, 0.3) is 5.69 Å². The van der Waals surface area contributed by atoms with Crippen LogP contribution in [0.2, 0.25) is 0 Å². The van der Waals surface area contributed by atoms with Crippen LogP contribution in [0.3, 0.4) is 0 Å². The second-order valence-electron chi connectivity index (χ2n) is 7.36. The van der Waals surface area contributed by atoms with Gasteiger partial charge in [-0.1, -0.05) is 24.3 Å². The van der Waals surface area contributed by atoms with Gasteiger partial charge in [0.05, 0.1) is 15.9 Å². The van der Waals surface area contributed by atoms with Gasteiger partial charge in [-0.25, -0.2) is 12.7 Å². The third-order valence-electron chi connectivity index (χ3n) is 5.55. The SMILES string of the molecule is CN(C)S(=O)(=O)c1ccc2c(c1)C1C=CCC1C(c1cccc([N+](=O)[O-])c1)N2. The summed E-state index contributed by atoms with van der Waals surface area (Å²) in [5.74, 6) is 0.240. The summed E-state index contributed by atoms with van der Waals surface area (Å²) in [6.07, 6.45) is 5.04. The molecule has 0 spiro atoms. The molecule has 0 radical (unpaired) electrons. The van der Waals surface area contributed by atoms with Crippen LogP contribution in [0.15, 0.2) is 59.5 Å². The number of allylic oxidation sites excluding steroid dienone is 2. The highest BCUT2D eigenvalue weighted by Crippen LogP contribution is 2.50. The van der Waals surface area contributed by atoms with Crippen molar-refractivity contribution in [3.05, 3.63) is 75.9 Å². The third kappa shape index (κ3) is 2.98. The zero-order valence-electron chi connectivity index (χ0n) is 15.6. The number of nitro benzene ring substituents is 1. The van der Waals surface area contributed by atoms with Crippen molar-refractivity contribution in [3.8, 4) is 0 Å². The van der Waals surface area contributed by atoms with Crippen LogP contribution in [0, 0.1) is 16.0 Å². The molecule has 0 bridgehead atoms. The van der Waals surface area contributed by atoms with E-state index >= 15 is 0 Å². The Morgan fingerprint density at radius 2 is 1.96 bits per heavy atom. The second kappa shape index (κ2) is 6.72. The van der Waals surface area contributed by atoms with Crippen molar-refractivity contribution in [3.63, 3.8) is 0 Å². The molecule has 0 saturated heterocycles. The van der Waals surface area contributed by atoms with E-state index in [-0.39, 0.29) is 33.4 Å². The molecule has 3 atom stereocenters. The Bertz CT molecular complexity index is 1080. The summed E-state index contributed by atoms with van der Waals surface area (Å²) >= 11 is 0. The normalized spacial score (nSPS) is 23.2. The van der Waals surface area contributed by atoms with Gasteiger partial charge in [-0.2, -0.15) is 0 Å². The summed E-state index contributed by atoms with van der Waals surface area (Å²) in [6, 6.07) is 11.8. The van der Waals surface area contributed by atoms with Crippen molar-refractivity contribution < 1.29 is 13.3 Å². The molecule has 1 heterocycles. The Labute approximate surface area is 163 Å². The Morgan fingerprint density at radius 1 is 1.18 bits per heavy atom. The first-order valence-electron chi connectivity index (χ1n) is 9.03. The molecule has 2 aliphatic rings. The van der Waals surface area contributed by atoms with E-state index in [0.29, 0.717) is 0 Å². The predicted molar refractivity (Wildman–Crippen MR) is 107 cm³/mol. The number of sulfonamides is 1. The molecular weight excluding hydrogens is 378 g/mol. The molecule has 4 rings (SSSR count). The van der Waals surface area contributed by atoms with Gasteiger partial charge in [-0.05, 0) is 41.7 Å². The average Bonchev–Trinajstić information content (AvgIpc) is 3.17. The van der Waals surface area contributed by atoms with Crippen molar-refractivity contribution in [2.24, 2.45) is 5.92 Å². The maximum Gasteiger partial charge on any atom is 0.269 e. The summed E-state index contributed by atoms with van der Waals surface area (Å²) in [6.45, 7) is 0. The van der Waals surface area contributed by atoms with Gasteiger partial charge in [0, 0.05) is 37.8 Å². The first-order valence-corrected chi connectivity index (χ1v) is 10.5. The lowest BCUT2D eigenvalue weighted by Crippen LogP contribution is -2.29. The van der Waals surface area contributed by atoms with Crippen LogP contribution in [0.4, 0.5) is 11.4 Å². The van der Waals surface area contributed by atoms with E-state index in [1.807, 2.05) is 6.07 Å². The molecule has 1 N–H and O–H groups in total. The van der Waals surface area contributed by atoms with Crippen LogP contribution in [0.5, 0.6) is 0 Å². The number of nitrogens with zero attached hydrogens (tertiary/aromatic N) is 2. The molecule has 146 valence electrons. The number of nitrogens with one attached hydrogen (secondary N) is 1. The van der Waals surface area contributed by atoms with Crippen molar-refractivity contribution >= 4 is 21.4 Å². The van der Waals surface area contributed by atoms with Gasteiger partial charge in [0.1, 0.15) is 0 Å². The number of hydrogen-bond donors (Lipinski definition) is 1. The summed E-state index contributed by atoms with van der Waals surface area (Å²) in [7, 11) is -0.478. The van der Waals surface area contributed by atoms with E-state index in [4.69, 9.17) is 0 Å². The smallest absolute Gasteiger partial charge is 0.269 e. The van der Waals surface area contributed by atoms with Crippen LogP contribution in [0.1, 0.15) is 29.5 Å². The van der Waals surface area contributed by atoms with Crippen LogP contribution < -0.4 is 5.32 Å². The van der Waals surface area contributed by atoms with Gasteiger partial charge in [0.2, 0.25) is 10.0 Å². The fraction of sp³-hybridized carbons (Fsp3) is 0.300. The summed E-state index contributed by atoms with van der Waals surface area (Å²) < 4.78 is 26.2. The third-order valence-corrected chi connectivity index (χ3v) is 7.36. The number of benzene rings is 2. The molecule has 28 heavy (non-hydrogen) atoms. The first-order chi connectivity index (χ1) is 13.3. The Balaban J connectivity index is 1.77. The molecule has 0 fully saturated rings. The minimum atomic E-state index is -3.51. The van der Waals surface area contributed by atoms with Gasteiger partial charge in [0.15, 0.2) is 0 Å². The zero-order chi connectivity index (χ0) is 20.1. The highest BCUT2D eigenvalue weighted by molar-refractivity contribution is 7.89. The van der Waals surface area contributed by atoms with Crippen molar-refractivity contribution in [2.45, 2.75) is 23.3 Å². The summed E-state index contributed by atoms with van der Waals surface area (Å²) in [5, 5.41) is 14.6. The lowest BCUT2D eigenvalue weighted by Gasteiger charge is -2.37. The van der Waals surface area contributed by atoms with Crippen LogP contribution in [-0.2, 0) is 10.0 Å². The molecule has 1 aliphatic carbocycles. The predicted octanol–water partition coefficient (Wildman–Crippen LogP) is 3.67. The minimum absolute atomic E-state index is 0.0674. The van der Waals surface area contributed by atoms with Gasteiger partial charge < -0.3 is 5.32 Å². The van der Waals surface area contributed by atoms with E-state index in [1.54, 1.807) is 30.3 Å². The highest BCUT2D eigenvalue weighted by atomic mass is 32.2. The fourth-order valence-electron chi connectivity index (χ4n) is 4.11. The molecule has 2 aromatic rings.